The fourth-order valence-corrected chi connectivity index (χ4v) is 1.93. The lowest BCUT2D eigenvalue weighted by Crippen LogP contribution is -2.06. The van der Waals surface area contributed by atoms with Gasteiger partial charge in [0.1, 0.15) is 0 Å². The number of hydrogen-bond donors (Lipinski definition) is 2. The van der Waals surface area contributed by atoms with Crippen LogP contribution in [0.2, 0.25) is 0 Å². The molecule has 23 heavy (non-hydrogen) atoms. The van der Waals surface area contributed by atoms with Gasteiger partial charge in [-0.05, 0) is 35.4 Å². The number of hydrogen-bond acceptors (Lipinski definition) is 6. The third kappa shape index (κ3) is 4.62. The van der Waals surface area contributed by atoms with Gasteiger partial charge >= 0.3 is 0 Å². The van der Waals surface area contributed by atoms with E-state index < -0.39 is 0 Å². The second-order valence-corrected chi connectivity index (χ2v) is 4.79. The van der Waals surface area contributed by atoms with E-state index in [4.69, 9.17) is 0 Å². The molecule has 0 aromatic carbocycles. The third-order valence-electron chi connectivity index (χ3n) is 3.08. The van der Waals surface area contributed by atoms with Crippen LogP contribution in [0.5, 0.6) is 0 Å². The van der Waals surface area contributed by atoms with Crippen LogP contribution in [0.3, 0.4) is 0 Å². The van der Waals surface area contributed by atoms with Crippen LogP contribution in [0.25, 0.3) is 0 Å². The first kappa shape index (κ1) is 14.7. The van der Waals surface area contributed by atoms with Gasteiger partial charge in [-0.15, -0.1) is 5.73 Å². The fraction of sp³-hybridized carbons (Fsp3) is 0.118. The van der Waals surface area contributed by atoms with Crippen molar-refractivity contribution in [3.63, 3.8) is 0 Å². The van der Waals surface area contributed by atoms with Crippen LogP contribution < -0.4 is 10.6 Å². The van der Waals surface area contributed by atoms with E-state index in [-0.39, 0.29) is 0 Å². The van der Waals surface area contributed by atoms with Gasteiger partial charge in [-0.2, -0.15) is 0 Å². The van der Waals surface area contributed by atoms with E-state index in [0.29, 0.717) is 25.0 Å². The highest BCUT2D eigenvalue weighted by atomic mass is 15.1. The Morgan fingerprint density at radius 2 is 1.13 bits per heavy atom. The SMILES string of the molecule is C1=CC(CNc2ncccn2)=CC=C(CNc2ncccn2)C=1. The molecular weight excluding hydrogens is 288 g/mol. The monoisotopic (exact) mass is 304 g/mol. The van der Waals surface area contributed by atoms with Crippen LogP contribution in [0, 0.1) is 0 Å². The molecule has 1 aliphatic carbocycles. The van der Waals surface area contributed by atoms with Gasteiger partial charge in [0.2, 0.25) is 11.9 Å². The minimum Gasteiger partial charge on any atom is -0.350 e. The van der Waals surface area contributed by atoms with E-state index in [1.54, 1.807) is 36.9 Å². The average molecular weight is 304 g/mol. The Labute approximate surface area is 134 Å². The molecule has 0 radical (unpaired) electrons. The lowest BCUT2D eigenvalue weighted by molar-refractivity contribution is 1.10. The Morgan fingerprint density at radius 1 is 0.696 bits per heavy atom. The van der Waals surface area contributed by atoms with Gasteiger partial charge in [-0.25, -0.2) is 19.9 Å². The molecule has 0 saturated heterocycles. The smallest absolute Gasteiger partial charge is 0.222 e. The van der Waals surface area contributed by atoms with Gasteiger partial charge < -0.3 is 10.6 Å². The number of anilines is 2. The van der Waals surface area contributed by atoms with E-state index in [2.05, 4.69) is 48.5 Å². The van der Waals surface area contributed by atoms with Crippen molar-refractivity contribution in [3.8, 4) is 0 Å². The summed E-state index contributed by atoms with van der Waals surface area (Å²) in [6, 6.07) is 3.58. The summed E-state index contributed by atoms with van der Waals surface area (Å²) < 4.78 is 0. The molecule has 6 nitrogen and oxygen atoms in total. The minimum atomic E-state index is 0.613. The predicted octanol–water partition coefficient (Wildman–Crippen LogP) is 2.37. The highest BCUT2D eigenvalue weighted by Gasteiger charge is 2.00. The first-order valence-electron chi connectivity index (χ1n) is 7.24. The number of nitrogens with one attached hydrogen (secondary N) is 2. The van der Waals surface area contributed by atoms with Crippen LogP contribution in [0.4, 0.5) is 11.9 Å². The summed E-state index contributed by atoms with van der Waals surface area (Å²) >= 11 is 0. The van der Waals surface area contributed by atoms with Gasteiger partial charge in [0.05, 0.1) is 0 Å². The van der Waals surface area contributed by atoms with Gasteiger partial charge in [0.15, 0.2) is 0 Å². The molecule has 2 N–H and O–H groups in total. The Bertz CT molecular complexity index is 695. The van der Waals surface area contributed by atoms with E-state index in [9.17, 15) is 0 Å². The van der Waals surface area contributed by atoms with Gasteiger partial charge in [-0.1, -0.05) is 12.2 Å². The van der Waals surface area contributed by atoms with Crippen LogP contribution in [-0.4, -0.2) is 33.0 Å². The Kier molecular flexibility index (Phi) is 4.90. The summed E-state index contributed by atoms with van der Waals surface area (Å²) in [7, 11) is 0. The lowest BCUT2D eigenvalue weighted by Gasteiger charge is -2.04. The Hall–Kier alpha value is -3.24. The molecule has 0 bridgehead atoms. The molecule has 114 valence electrons. The molecule has 3 rings (SSSR count). The summed E-state index contributed by atoms with van der Waals surface area (Å²) in [6.45, 7) is 1.29. The second kappa shape index (κ2) is 7.68. The van der Waals surface area contributed by atoms with Crippen molar-refractivity contribution in [1.82, 2.24) is 19.9 Å². The predicted molar refractivity (Wildman–Crippen MR) is 89.9 cm³/mol. The molecule has 0 saturated carbocycles. The fourth-order valence-electron chi connectivity index (χ4n) is 1.93. The van der Waals surface area contributed by atoms with E-state index in [1.165, 1.54) is 0 Å². The Balaban J connectivity index is 1.57. The molecule has 2 heterocycles. The maximum absolute atomic E-state index is 4.13. The zero-order valence-corrected chi connectivity index (χ0v) is 12.5. The summed E-state index contributed by atoms with van der Waals surface area (Å²) in [5.74, 6) is 1.23. The van der Waals surface area contributed by atoms with E-state index in [1.807, 2.05) is 12.2 Å². The molecule has 0 atom stereocenters. The highest BCUT2D eigenvalue weighted by molar-refractivity contribution is 5.40. The van der Waals surface area contributed by atoms with Gasteiger partial charge in [0.25, 0.3) is 0 Å². The van der Waals surface area contributed by atoms with Crippen molar-refractivity contribution in [3.05, 3.63) is 78.1 Å². The van der Waals surface area contributed by atoms with Crippen molar-refractivity contribution in [2.24, 2.45) is 0 Å². The summed E-state index contributed by atoms with van der Waals surface area (Å²) in [5.41, 5.74) is 5.37. The van der Waals surface area contributed by atoms with Crippen molar-refractivity contribution < 1.29 is 0 Å². The molecule has 6 heteroatoms. The van der Waals surface area contributed by atoms with Crippen LogP contribution >= 0.6 is 0 Å². The molecule has 0 amide bonds. The number of rotatable bonds is 6. The molecule has 0 fully saturated rings. The molecule has 0 unspecified atom stereocenters. The maximum atomic E-state index is 4.13. The maximum Gasteiger partial charge on any atom is 0.222 e. The molecule has 0 aliphatic heterocycles. The van der Waals surface area contributed by atoms with Crippen molar-refractivity contribution in [2.75, 3.05) is 23.7 Å². The third-order valence-corrected chi connectivity index (χ3v) is 3.08. The zero-order valence-electron chi connectivity index (χ0n) is 12.5. The molecule has 2 aromatic rings. The summed E-state index contributed by atoms with van der Waals surface area (Å²) in [4.78, 5) is 16.5. The van der Waals surface area contributed by atoms with E-state index in [0.717, 1.165) is 11.1 Å². The highest BCUT2D eigenvalue weighted by Crippen LogP contribution is 2.08. The Morgan fingerprint density at radius 3 is 1.57 bits per heavy atom. The average Bonchev–Trinajstić information content (AvgIpc) is 2.85. The second-order valence-electron chi connectivity index (χ2n) is 4.79. The van der Waals surface area contributed by atoms with E-state index >= 15 is 0 Å². The normalized spacial score (nSPS) is 13.0. The topological polar surface area (TPSA) is 75.6 Å². The van der Waals surface area contributed by atoms with Crippen molar-refractivity contribution >= 4 is 11.9 Å². The zero-order chi connectivity index (χ0) is 15.7. The summed E-state index contributed by atoms with van der Waals surface area (Å²) in [6.07, 6.45) is 14.8. The summed E-state index contributed by atoms with van der Waals surface area (Å²) in [5, 5.41) is 6.35. The molecular formula is C17H16N6. The van der Waals surface area contributed by atoms with Crippen LogP contribution in [0.1, 0.15) is 0 Å². The largest absolute Gasteiger partial charge is 0.350 e. The first-order valence-corrected chi connectivity index (χ1v) is 7.24. The quantitative estimate of drug-likeness (QED) is 0.798. The lowest BCUT2D eigenvalue weighted by atomic mass is 10.2. The van der Waals surface area contributed by atoms with Gasteiger partial charge in [-0.3, -0.25) is 0 Å². The van der Waals surface area contributed by atoms with Gasteiger partial charge in [0, 0.05) is 37.9 Å². The first-order chi connectivity index (χ1) is 11.4. The number of nitrogens with zero attached hydrogens (tertiary/aromatic N) is 4. The van der Waals surface area contributed by atoms with Crippen LogP contribution in [-0.2, 0) is 0 Å². The molecule has 2 aromatic heterocycles. The van der Waals surface area contributed by atoms with Crippen molar-refractivity contribution in [2.45, 2.75) is 0 Å². The standard InChI is InChI=1S/C17H16N6/c1-4-14(12-22-16-18-8-2-9-19-16)6-7-15(5-1)13-23-17-20-10-3-11-21-17/h2-11H,12-13H2,(H,18,19,22)(H,20,21,23). The molecule has 1 aliphatic rings. The minimum absolute atomic E-state index is 0.613. The number of aromatic nitrogens is 4. The molecule has 0 spiro atoms. The van der Waals surface area contributed by atoms with Crippen molar-refractivity contribution in [1.29, 1.82) is 0 Å². The van der Waals surface area contributed by atoms with Crippen LogP contribution in [0.15, 0.2) is 78.1 Å². The number of allylic oxidation sites excluding steroid dienone is 2.